The Labute approximate surface area is 249 Å². The van der Waals surface area contributed by atoms with Crippen molar-refractivity contribution in [1.29, 1.82) is 0 Å². The first-order valence-corrected chi connectivity index (χ1v) is 15.1. The van der Waals surface area contributed by atoms with Gasteiger partial charge in [0.25, 0.3) is 0 Å². The maximum Gasteiger partial charge on any atom is 0.0468 e. The van der Waals surface area contributed by atoms with Crippen LogP contribution in [0.15, 0.2) is 164 Å². The number of para-hydroxylation sites is 1. The highest BCUT2D eigenvalue weighted by Gasteiger charge is 2.17. The number of nitrogens with zero attached hydrogens (tertiary/aromatic N) is 1. The molecule has 198 valence electrons. The highest BCUT2D eigenvalue weighted by molar-refractivity contribution is 7.26. The van der Waals surface area contributed by atoms with E-state index in [4.69, 9.17) is 0 Å². The monoisotopic (exact) mass is 553 g/mol. The van der Waals surface area contributed by atoms with Gasteiger partial charge in [0.15, 0.2) is 0 Å². The molecular weight excluding hydrogens is 527 g/mol. The Kier molecular flexibility index (Phi) is 6.05. The molecule has 0 saturated carbocycles. The Bertz CT molecular complexity index is 2160. The van der Waals surface area contributed by atoms with Crippen LogP contribution in [0.3, 0.4) is 0 Å². The first-order valence-electron chi connectivity index (χ1n) is 14.3. The van der Waals surface area contributed by atoms with Gasteiger partial charge in [0, 0.05) is 42.6 Å². The van der Waals surface area contributed by atoms with Crippen LogP contribution in [0.25, 0.3) is 53.2 Å². The summed E-state index contributed by atoms with van der Waals surface area (Å²) in [5.41, 5.74) is 8.38. The zero-order valence-corrected chi connectivity index (χ0v) is 23.8. The summed E-state index contributed by atoms with van der Waals surface area (Å²) in [6.07, 6.45) is 0. The van der Waals surface area contributed by atoms with E-state index in [1.165, 1.54) is 53.2 Å². The average molecular weight is 554 g/mol. The fourth-order valence-electron chi connectivity index (χ4n) is 6.04. The first-order chi connectivity index (χ1) is 20.8. The lowest BCUT2D eigenvalue weighted by Crippen LogP contribution is -2.09. The normalized spacial score (nSPS) is 11.3. The van der Waals surface area contributed by atoms with Gasteiger partial charge in [-0.05, 0) is 76.2 Å². The highest BCUT2D eigenvalue weighted by Crippen LogP contribution is 2.45. The SMILES string of the molecule is c1ccc(-c2ccc(N(c3ccccc3)c3ccc4sc5c6ccccc6c(-c6ccccc6)cc5c4c3)cc2)cc1. The van der Waals surface area contributed by atoms with Gasteiger partial charge in [-0.2, -0.15) is 0 Å². The molecule has 2 heteroatoms. The minimum Gasteiger partial charge on any atom is -0.310 e. The third-order valence-corrected chi connectivity index (χ3v) is 9.27. The summed E-state index contributed by atoms with van der Waals surface area (Å²) in [4.78, 5) is 2.36. The fourth-order valence-corrected chi connectivity index (χ4v) is 7.24. The zero-order chi connectivity index (χ0) is 27.9. The Balaban J connectivity index is 1.32. The van der Waals surface area contributed by atoms with Crippen LogP contribution in [0.4, 0.5) is 17.1 Å². The maximum absolute atomic E-state index is 2.40. The molecule has 0 aliphatic rings. The number of benzene rings is 7. The predicted molar refractivity (Wildman–Crippen MR) is 182 cm³/mol. The van der Waals surface area contributed by atoms with Crippen LogP contribution < -0.4 is 4.90 Å². The minimum absolute atomic E-state index is 1.13. The molecular formula is C40H27NS. The van der Waals surface area contributed by atoms with Crippen LogP contribution in [-0.2, 0) is 0 Å². The van der Waals surface area contributed by atoms with Crippen LogP contribution in [0.5, 0.6) is 0 Å². The number of hydrogen-bond acceptors (Lipinski definition) is 2. The van der Waals surface area contributed by atoms with Crippen molar-refractivity contribution in [1.82, 2.24) is 0 Å². The topological polar surface area (TPSA) is 3.24 Å². The average Bonchev–Trinajstić information content (AvgIpc) is 3.44. The molecule has 0 fully saturated rings. The van der Waals surface area contributed by atoms with Crippen molar-refractivity contribution in [2.24, 2.45) is 0 Å². The molecule has 1 aromatic heterocycles. The van der Waals surface area contributed by atoms with Crippen molar-refractivity contribution in [2.45, 2.75) is 0 Å². The van der Waals surface area contributed by atoms with Crippen molar-refractivity contribution in [2.75, 3.05) is 4.90 Å². The van der Waals surface area contributed by atoms with Gasteiger partial charge in [0.2, 0.25) is 0 Å². The standard InChI is InChI=1S/C40H27NS/c1-4-12-28(13-5-1)29-20-22-32(23-21-29)41(31-16-8-3-9-17-31)33-24-25-39-37(26-33)38-27-36(30-14-6-2-7-15-30)34-18-10-11-19-35(34)40(38)42-39/h1-27H. The van der Waals surface area contributed by atoms with Gasteiger partial charge < -0.3 is 4.90 Å². The third kappa shape index (κ3) is 4.25. The molecule has 0 unspecified atom stereocenters. The second kappa shape index (κ2) is 10.3. The van der Waals surface area contributed by atoms with E-state index in [0.717, 1.165) is 17.1 Å². The third-order valence-electron chi connectivity index (χ3n) is 8.05. The summed E-state index contributed by atoms with van der Waals surface area (Å²) < 4.78 is 2.65. The highest BCUT2D eigenvalue weighted by atomic mass is 32.1. The molecule has 1 nitrogen and oxygen atoms in total. The van der Waals surface area contributed by atoms with Crippen molar-refractivity contribution in [3.8, 4) is 22.3 Å². The van der Waals surface area contributed by atoms with Gasteiger partial charge in [-0.25, -0.2) is 0 Å². The molecule has 1 heterocycles. The summed E-state index contributed by atoms with van der Waals surface area (Å²) in [5.74, 6) is 0. The van der Waals surface area contributed by atoms with Gasteiger partial charge in [-0.3, -0.25) is 0 Å². The summed E-state index contributed by atoms with van der Waals surface area (Å²) in [6, 6.07) is 59.0. The molecule has 0 saturated heterocycles. The molecule has 0 spiro atoms. The van der Waals surface area contributed by atoms with E-state index in [1.807, 2.05) is 11.3 Å². The van der Waals surface area contributed by atoms with E-state index in [-0.39, 0.29) is 0 Å². The number of hydrogen-bond donors (Lipinski definition) is 0. The van der Waals surface area contributed by atoms with Crippen LogP contribution in [0, 0.1) is 0 Å². The summed E-state index contributed by atoms with van der Waals surface area (Å²) >= 11 is 1.89. The summed E-state index contributed by atoms with van der Waals surface area (Å²) in [6.45, 7) is 0. The molecule has 7 aromatic carbocycles. The molecule has 8 rings (SSSR count). The molecule has 0 amide bonds. The van der Waals surface area contributed by atoms with Crippen LogP contribution in [0.2, 0.25) is 0 Å². The minimum atomic E-state index is 1.13. The lowest BCUT2D eigenvalue weighted by Gasteiger charge is -2.26. The van der Waals surface area contributed by atoms with E-state index in [2.05, 4.69) is 169 Å². The molecule has 0 atom stereocenters. The van der Waals surface area contributed by atoms with Gasteiger partial charge in [0.1, 0.15) is 0 Å². The molecule has 0 bridgehead atoms. The van der Waals surface area contributed by atoms with Crippen molar-refractivity contribution < 1.29 is 0 Å². The molecule has 8 aromatic rings. The maximum atomic E-state index is 2.40. The van der Waals surface area contributed by atoms with Crippen molar-refractivity contribution >= 4 is 59.3 Å². The molecule has 0 N–H and O–H groups in total. The predicted octanol–water partition coefficient (Wildman–Crippen LogP) is 12.0. The van der Waals surface area contributed by atoms with Crippen molar-refractivity contribution in [3.63, 3.8) is 0 Å². The number of thiophene rings is 1. The Morgan fingerprint density at radius 3 is 1.62 bits per heavy atom. The molecule has 42 heavy (non-hydrogen) atoms. The Hall–Kier alpha value is -5.18. The smallest absolute Gasteiger partial charge is 0.0468 e. The van der Waals surface area contributed by atoms with E-state index in [0.29, 0.717) is 0 Å². The van der Waals surface area contributed by atoms with Gasteiger partial charge in [0.05, 0.1) is 0 Å². The number of anilines is 3. The number of fused-ring (bicyclic) bond motifs is 5. The Morgan fingerprint density at radius 1 is 0.357 bits per heavy atom. The van der Waals surface area contributed by atoms with E-state index in [1.54, 1.807) is 0 Å². The lowest BCUT2D eigenvalue weighted by molar-refractivity contribution is 1.29. The van der Waals surface area contributed by atoms with Crippen molar-refractivity contribution in [3.05, 3.63) is 164 Å². The van der Waals surface area contributed by atoms with Crippen LogP contribution in [-0.4, -0.2) is 0 Å². The summed E-state index contributed by atoms with van der Waals surface area (Å²) in [5, 5.41) is 5.21. The van der Waals surface area contributed by atoms with Crippen LogP contribution in [0.1, 0.15) is 0 Å². The molecule has 0 aliphatic heterocycles. The zero-order valence-electron chi connectivity index (χ0n) is 22.9. The van der Waals surface area contributed by atoms with Crippen LogP contribution >= 0.6 is 11.3 Å². The largest absolute Gasteiger partial charge is 0.310 e. The summed E-state index contributed by atoms with van der Waals surface area (Å²) in [7, 11) is 0. The second-order valence-electron chi connectivity index (χ2n) is 10.6. The number of rotatable bonds is 5. The fraction of sp³-hybridized carbons (Fsp3) is 0. The second-order valence-corrected chi connectivity index (χ2v) is 11.6. The Morgan fingerprint density at radius 2 is 0.905 bits per heavy atom. The molecule has 0 aliphatic carbocycles. The van der Waals surface area contributed by atoms with E-state index >= 15 is 0 Å². The van der Waals surface area contributed by atoms with E-state index < -0.39 is 0 Å². The quantitative estimate of drug-likeness (QED) is 0.205. The van der Waals surface area contributed by atoms with E-state index in [9.17, 15) is 0 Å². The first kappa shape index (κ1) is 24.6. The van der Waals surface area contributed by atoms with Gasteiger partial charge >= 0.3 is 0 Å². The van der Waals surface area contributed by atoms with Gasteiger partial charge in [-0.15, -0.1) is 11.3 Å². The lowest BCUT2D eigenvalue weighted by atomic mass is 9.95. The van der Waals surface area contributed by atoms with Gasteiger partial charge in [-0.1, -0.05) is 115 Å². The molecule has 0 radical (unpaired) electrons.